The lowest BCUT2D eigenvalue weighted by molar-refractivity contribution is 0.884. The molecule has 0 saturated heterocycles. The Morgan fingerprint density at radius 3 is 2.28 bits per heavy atom. The maximum atomic E-state index is 5.91. The second kappa shape index (κ2) is 5.13. The van der Waals surface area contributed by atoms with Gasteiger partial charge in [0, 0.05) is 17.4 Å². The number of anilines is 2. The lowest BCUT2D eigenvalue weighted by Crippen LogP contribution is -2.07. The predicted molar refractivity (Wildman–Crippen MR) is 78.8 cm³/mol. The fourth-order valence-corrected chi connectivity index (χ4v) is 1.92. The second-order valence-corrected chi connectivity index (χ2v) is 4.85. The van der Waals surface area contributed by atoms with E-state index in [1.165, 1.54) is 11.1 Å². The Bertz CT molecular complexity index is 529. The number of nitrogens with one attached hydrogen (secondary N) is 1. The van der Waals surface area contributed by atoms with Gasteiger partial charge in [-0.25, -0.2) is 0 Å². The molecule has 94 valence electrons. The van der Waals surface area contributed by atoms with Crippen LogP contribution in [0.5, 0.6) is 0 Å². The van der Waals surface area contributed by atoms with Crippen LogP contribution >= 0.6 is 0 Å². The van der Waals surface area contributed by atoms with Crippen molar-refractivity contribution in [2.45, 2.75) is 26.8 Å². The highest BCUT2D eigenvalue weighted by molar-refractivity contribution is 5.59. The first-order valence-electron chi connectivity index (χ1n) is 6.25. The number of rotatable bonds is 3. The van der Waals surface area contributed by atoms with Gasteiger partial charge in [-0.05, 0) is 44.0 Å². The van der Waals surface area contributed by atoms with E-state index in [1.54, 1.807) is 0 Å². The van der Waals surface area contributed by atoms with E-state index in [0.717, 1.165) is 16.9 Å². The standard InChI is InChI=1S/C16H20N2/c1-11-4-7-14(8-5-11)13(3)18-15-9-6-12(2)16(17)10-15/h4-10,13,18H,17H2,1-3H3. The van der Waals surface area contributed by atoms with E-state index in [4.69, 9.17) is 5.73 Å². The summed E-state index contributed by atoms with van der Waals surface area (Å²) in [5.74, 6) is 0. The summed E-state index contributed by atoms with van der Waals surface area (Å²) in [6.45, 7) is 6.27. The molecule has 2 rings (SSSR count). The van der Waals surface area contributed by atoms with Crippen LogP contribution in [0.15, 0.2) is 42.5 Å². The molecule has 1 atom stereocenters. The van der Waals surface area contributed by atoms with Gasteiger partial charge in [0.2, 0.25) is 0 Å². The molecule has 3 N–H and O–H groups in total. The van der Waals surface area contributed by atoms with Crippen molar-refractivity contribution >= 4 is 11.4 Å². The van der Waals surface area contributed by atoms with Crippen LogP contribution in [-0.2, 0) is 0 Å². The van der Waals surface area contributed by atoms with E-state index < -0.39 is 0 Å². The van der Waals surface area contributed by atoms with Crippen molar-refractivity contribution in [3.05, 3.63) is 59.2 Å². The molecule has 0 aliphatic carbocycles. The quantitative estimate of drug-likeness (QED) is 0.794. The van der Waals surface area contributed by atoms with Crippen LogP contribution in [0, 0.1) is 13.8 Å². The Morgan fingerprint density at radius 1 is 1.00 bits per heavy atom. The summed E-state index contributed by atoms with van der Waals surface area (Å²) in [4.78, 5) is 0. The summed E-state index contributed by atoms with van der Waals surface area (Å²) < 4.78 is 0. The van der Waals surface area contributed by atoms with Crippen LogP contribution in [0.3, 0.4) is 0 Å². The normalized spacial score (nSPS) is 12.2. The Labute approximate surface area is 109 Å². The van der Waals surface area contributed by atoms with Crippen molar-refractivity contribution in [2.75, 3.05) is 11.1 Å². The van der Waals surface area contributed by atoms with Gasteiger partial charge in [0.15, 0.2) is 0 Å². The molecule has 2 aromatic rings. The molecule has 2 nitrogen and oxygen atoms in total. The van der Waals surface area contributed by atoms with Crippen LogP contribution in [0.2, 0.25) is 0 Å². The number of nitrogens with two attached hydrogens (primary N) is 1. The first kappa shape index (κ1) is 12.5. The zero-order valence-electron chi connectivity index (χ0n) is 11.2. The van der Waals surface area contributed by atoms with E-state index in [2.05, 4.69) is 49.5 Å². The monoisotopic (exact) mass is 240 g/mol. The van der Waals surface area contributed by atoms with Crippen molar-refractivity contribution in [1.82, 2.24) is 0 Å². The van der Waals surface area contributed by atoms with Crippen LogP contribution in [0.1, 0.15) is 29.7 Å². The minimum atomic E-state index is 0.271. The number of nitrogen functional groups attached to an aromatic ring is 1. The van der Waals surface area contributed by atoms with Crippen LogP contribution in [0.4, 0.5) is 11.4 Å². The third-order valence-electron chi connectivity index (χ3n) is 3.24. The van der Waals surface area contributed by atoms with Crippen molar-refractivity contribution in [3.63, 3.8) is 0 Å². The Balaban J connectivity index is 2.13. The molecule has 0 aliphatic heterocycles. The van der Waals surface area contributed by atoms with Gasteiger partial charge in [0.05, 0.1) is 0 Å². The number of hydrogen-bond donors (Lipinski definition) is 2. The third-order valence-corrected chi connectivity index (χ3v) is 3.24. The van der Waals surface area contributed by atoms with E-state index in [9.17, 15) is 0 Å². The zero-order chi connectivity index (χ0) is 13.1. The SMILES string of the molecule is Cc1ccc(C(C)Nc2ccc(C)c(N)c2)cc1. The minimum absolute atomic E-state index is 0.271. The average Bonchev–Trinajstić information content (AvgIpc) is 2.34. The molecule has 18 heavy (non-hydrogen) atoms. The third kappa shape index (κ3) is 2.83. The summed E-state index contributed by atoms with van der Waals surface area (Å²) >= 11 is 0. The number of hydrogen-bond acceptors (Lipinski definition) is 2. The first-order valence-corrected chi connectivity index (χ1v) is 6.25. The molecule has 0 amide bonds. The van der Waals surface area contributed by atoms with Crippen molar-refractivity contribution in [1.29, 1.82) is 0 Å². The molecule has 0 spiro atoms. The summed E-state index contributed by atoms with van der Waals surface area (Å²) in [7, 11) is 0. The summed E-state index contributed by atoms with van der Waals surface area (Å²) in [5, 5.41) is 3.47. The molecule has 0 fully saturated rings. The highest BCUT2D eigenvalue weighted by atomic mass is 14.9. The lowest BCUT2D eigenvalue weighted by atomic mass is 10.1. The van der Waals surface area contributed by atoms with Crippen LogP contribution in [0.25, 0.3) is 0 Å². The molecule has 0 bridgehead atoms. The van der Waals surface area contributed by atoms with Crippen molar-refractivity contribution < 1.29 is 0 Å². The Morgan fingerprint density at radius 2 is 1.67 bits per heavy atom. The topological polar surface area (TPSA) is 38.0 Å². The molecule has 2 aromatic carbocycles. The molecule has 0 heterocycles. The smallest absolute Gasteiger partial charge is 0.0485 e. The highest BCUT2D eigenvalue weighted by Gasteiger charge is 2.05. The maximum Gasteiger partial charge on any atom is 0.0485 e. The van der Waals surface area contributed by atoms with Crippen LogP contribution < -0.4 is 11.1 Å². The van der Waals surface area contributed by atoms with Gasteiger partial charge in [0.25, 0.3) is 0 Å². The predicted octanol–water partition coefficient (Wildman–Crippen LogP) is 4.06. The van der Waals surface area contributed by atoms with Crippen molar-refractivity contribution in [2.24, 2.45) is 0 Å². The highest BCUT2D eigenvalue weighted by Crippen LogP contribution is 2.22. The number of benzene rings is 2. The van der Waals surface area contributed by atoms with Crippen LogP contribution in [-0.4, -0.2) is 0 Å². The maximum absolute atomic E-state index is 5.91. The van der Waals surface area contributed by atoms with Gasteiger partial charge in [-0.15, -0.1) is 0 Å². The van der Waals surface area contributed by atoms with Gasteiger partial charge in [0.1, 0.15) is 0 Å². The second-order valence-electron chi connectivity index (χ2n) is 4.85. The molecule has 0 radical (unpaired) electrons. The van der Waals surface area contributed by atoms with E-state index in [-0.39, 0.29) is 6.04 Å². The van der Waals surface area contributed by atoms with E-state index in [0.29, 0.717) is 0 Å². The van der Waals surface area contributed by atoms with Gasteiger partial charge in [-0.1, -0.05) is 35.9 Å². The van der Waals surface area contributed by atoms with Gasteiger partial charge in [-0.3, -0.25) is 0 Å². The molecule has 2 heteroatoms. The molecular weight excluding hydrogens is 220 g/mol. The van der Waals surface area contributed by atoms with Gasteiger partial charge >= 0.3 is 0 Å². The fourth-order valence-electron chi connectivity index (χ4n) is 1.92. The minimum Gasteiger partial charge on any atom is -0.398 e. The summed E-state index contributed by atoms with van der Waals surface area (Å²) in [6.07, 6.45) is 0. The van der Waals surface area contributed by atoms with E-state index in [1.807, 2.05) is 19.1 Å². The molecule has 0 saturated carbocycles. The Kier molecular flexibility index (Phi) is 3.56. The summed E-state index contributed by atoms with van der Waals surface area (Å²) in [6, 6.07) is 15.0. The summed E-state index contributed by atoms with van der Waals surface area (Å²) in [5.41, 5.74) is 11.5. The average molecular weight is 240 g/mol. The fraction of sp³-hybridized carbons (Fsp3) is 0.250. The Hall–Kier alpha value is -1.96. The molecule has 1 unspecified atom stereocenters. The first-order chi connectivity index (χ1) is 8.56. The number of aryl methyl sites for hydroxylation is 2. The van der Waals surface area contributed by atoms with E-state index >= 15 is 0 Å². The molecular formula is C16H20N2. The lowest BCUT2D eigenvalue weighted by Gasteiger charge is -2.16. The molecule has 0 aromatic heterocycles. The van der Waals surface area contributed by atoms with Gasteiger partial charge < -0.3 is 11.1 Å². The molecule has 0 aliphatic rings. The van der Waals surface area contributed by atoms with Crippen molar-refractivity contribution in [3.8, 4) is 0 Å². The zero-order valence-corrected chi connectivity index (χ0v) is 11.2. The van der Waals surface area contributed by atoms with Gasteiger partial charge in [-0.2, -0.15) is 0 Å². The largest absolute Gasteiger partial charge is 0.398 e.